The lowest BCUT2D eigenvalue weighted by Gasteiger charge is -2.25. The van der Waals surface area contributed by atoms with Crippen LogP contribution < -0.4 is 0 Å². The van der Waals surface area contributed by atoms with Crippen LogP contribution in [0.4, 0.5) is 0 Å². The molecule has 1 spiro atoms. The van der Waals surface area contributed by atoms with Crippen molar-refractivity contribution in [3.63, 3.8) is 0 Å². The Morgan fingerprint density at radius 2 is 1.87 bits per heavy atom. The van der Waals surface area contributed by atoms with Gasteiger partial charge in [0.25, 0.3) is 11.8 Å². The number of furan rings is 1. The lowest BCUT2D eigenvalue weighted by Crippen LogP contribution is -2.45. The first-order chi connectivity index (χ1) is 18.6. The van der Waals surface area contributed by atoms with Gasteiger partial charge in [-0.3, -0.25) is 14.5 Å². The van der Waals surface area contributed by atoms with E-state index in [9.17, 15) is 9.59 Å². The van der Waals surface area contributed by atoms with Gasteiger partial charge in [-0.2, -0.15) is 0 Å². The predicted molar refractivity (Wildman–Crippen MR) is 142 cm³/mol. The largest absolute Gasteiger partial charge is 0.464 e. The van der Waals surface area contributed by atoms with Crippen molar-refractivity contribution in [3.05, 3.63) is 60.4 Å². The lowest BCUT2D eigenvalue weighted by atomic mass is 9.98. The number of hydrogen-bond acceptors (Lipinski definition) is 6. The maximum atomic E-state index is 13.7. The van der Waals surface area contributed by atoms with Crippen molar-refractivity contribution in [2.24, 2.45) is 10.9 Å². The zero-order valence-electron chi connectivity index (χ0n) is 21.3. The normalized spacial score (nSPS) is 27.3. The summed E-state index contributed by atoms with van der Waals surface area (Å²) in [6.45, 7) is 3.43. The topological polar surface area (TPSA) is 84.6 Å². The molecular weight excluding hydrogens is 482 g/mol. The molecule has 2 amide bonds. The first-order valence-corrected chi connectivity index (χ1v) is 13.6. The highest BCUT2D eigenvalue weighted by atomic mass is 16.5. The number of ether oxygens (including phenoxy) is 2. The van der Waals surface area contributed by atoms with Crippen molar-refractivity contribution in [2.45, 2.75) is 37.3 Å². The number of carbonyl (C=O) groups is 2. The van der Waals surface area contributed by atoms with E-state index < -0.39 is 5.54 Å². The van der Waals surface area contributed by atoms with Gasteiger partial charge < -0.3 is 18.8 Å². The van der Waals surface area contributed by atoms with E-state index in [0.29, 0.717) is 51.7 Å². The van der Waals surface area contributed by atoms with Gasteiger partial charge in [-0.1, -0.05) is 30.3 Å². The Labute approximate surface area is 221 Å². The van der Waals surface area contributed by atoms with Gasteiger partial charge in [0.15, 0.2) is 5.54 Å². The molecule has 8 heteroatoms. The van der Waals surface area contributed by atoms with E-state index in [2.05, 4.69) is 24.3 Å². The molecule has 3 saturated heterocycles. The number of amides is 2. The first-order valence-electron chi connectivity index (χ1n) is 13.6. The second-order valence-corrected chi connectivity index (χ2v) is 10.9. The molecule has 3 aromatic rings. The monoisotopic (exact) mass is 513 g/mol. The zero-order chi connectivity index (χ0) is 25.7. The molecule has 7 rings (SSSR count). The molecule has 4 aliphatic rings. The molecule has 8 nitrogen and oxygen atoms in total. The molecule has 3 unspecified atom stereocenters. The standard InChI is InChI=1S/C30H31N3O5/c34-28(26-2-1-13-37-26)32-12-9-20(17-32)18-33-27(31-30(29(33)35)11-15-36-19-30)22-5-3-21(4-6-22)23-7-8-25-24(16-23)10-14-38-25/h3-8,10,14,16,20,26H,1-2,9,11-13,15,17-19H2. The maximum Gasteiger partial charge on any atom is 0.258 e. The third kappa shape index (κ3) is 4.03. The lowest BCUT2D eigenvalue weighted by molar-refractivity contribution is -0.139. The SMILES string of the molecule is O=C(C1CCCO1)N1CCC(CN2C(=O)C3(CCOC3)N=C2c2ccc(-c3ccc4occc4c3)cc2)C1. The Kier molecular flexibility index (Phi) is 5.82. The molecular formula is C30H31N3O5. The summed E-state index contributed by atoms with van der Waals surface area (Å²) in [5.74, 6) is 1.02. The van der Waals surface area contributed by atoms with Crippen molar-refractivity contribution in [1.29, 1.82) is 0 Å². The van der Waals surface area contributed by atoms with E-state index in [4.69, 9.17) is 18.9 Å². The molecule has 3 fully saturated rings. The van der Waals surface area contributed by atoms with Gasteiger partial charge in [-0.25, -0.2) is 4.99 Å². The number of aliphatic imine (C=N–C) groups is 1. The quantitative estimate of drug-likeness (QED) is 0.517. The van der Waals surface area contributed by atoms with Crippen LogP contribution in [-0.4, -0.2) is 78.5 Å². The van der Waals surface area contributed by atoms with Crippen molar-refractivity contribution < 1.29 is 23.5 Å². The Hall–Kier alpha value is -3.49. The highest BCUT2D eigenvalue weighted by Gasteiger charge is 2.51. The molecule has 38 heavy (non-hydrogen) atoms. The summed E-state index contributed by atoms with van der Waals surface area (Å²) >= 11 is 0. The summed E-state index contributed by atoms with van der Waals surface area (Å²) in [5, 5.41) is 1.07. The number of carbonyl (C=O) groups excluding carboxylic acids is 2. The summed E-state index contributed by atoms with van der Waals surface area (Å²) in [6.07, 6.45) is 4.61. The Morgan fingerprint density at radius 3 is 2.66 bits per heavy atom. The molecule has 1 aromatic heterocycles. The Balaban J connectivity index is 1.12. The molecule has 196 valence electrons. The molecule has 0 radical (unpaired) electrons. The number of rotatable bonds is 5. The van der Waals surface area contributed by atoms with Crippen molar-refractivity contribution >= 4 is 28.6 Å². The third-order valence-electron chi connectivity index (χ3n) is 8.39. The van der Waals surface area contributed by atoms with Crippen LogP contribution in [0.2, 0.25) is 0 Å². The molecule has 4 aliphatic heterocycles. The van der Waals surface area contributed by atoms with Gasteiger partial charge in [-0.15, -0.1) is 0 Å². The Morgan fingerprint density at radius 1 is 1.03 bits per heavy atom. The molecule has 0 aliphatic carbocycles. The molecule has 5 heterocycles. The van der Waals surface area contributed by atoms with E-state index in [-0.39, 0.29) is 23.8 Å². The number of fused-ring (bicyclic) bond motifs is 1. The molecule has 0 N–H and O–H groups in total. The Bertz CT molecular complexity index is 1400. The first kappa shape index (κ1) is 23.6. The predicted octanol–water partition coefficient (Wildman–Crippen LogP) is 3.88. The van der Waals surface area contributed by atoms with Crippen LogP contribution in [-0.2, 0) is 19.1 Å². The van der Waals surface area contributed by atoms with E-state index in [1.165, 1.54) is 0 Å². The maximum absolute atomic E-state index is 13.7. The van der Waals surface area contributed by atoms with Crippen LogP contribution >= 0.6 is 0 Å². The minimum atomic E-state index is -0.827. The minimum absolute atomic E-state index is 0.0170. The fourth-order valence-electron chi connectivity index (χ4n) is 6.23. The number of likely N-dealkylation sites (tertiary alicyclic amines) is 1. The number of hydrogen-bond donors (Lipinski definition) is 0. The molecule has 0 bridgehead atoms. The third-order valence-corrected chi connectivity index (χ3v) is 8.39. The van der Waals surface area contributed by atoms with Crippen LogP contribution in [0.5, 0.6) is 0 Å². The molecule has 2 aromatic carbocycles. The van der Waals surface area contributed by atoms with Gasteiger partial charge in [-0.05, 0) is 54.5 Å². The number of benzene rings is 2. The highest BCUT2D eigenvalue weighted by Crippen LogP contribution is 2.35. The second kappa shape index (κ2) is 9.36. The fraction of sp³-hybridized carbons (Fsp3) is 0.433. The van der Waals surface area contributed by atoms with Crippen molar-refractivity contribution in [1.82, 2.24) is 9.80 Å². The van der Waals surface area contributed by atoms with Crippen LogP contribution in [0.15, 0.2) is 64.2 Å². The van der Waals surface area contributed by atoms with Gasteiger partial charge in [0, 0.05) is 50.2 Å². The smallest absolute Gasteiger partial charge is 0.258 e. The van der Waals surface area contributed by atoms with Gasteiger partial charge >= 0.3 is 0 Å². The van der Waals surface area contributed by atoms with Crippen LogP contribution in [0.3, 0.4) is 0 Å². The second-order valence-electron chi connectivity index (χ2n) is 10.9. The van der Waals surface area contributed by atoms with Crippen LogP contribution in [0, 0.1) is 5.92 Å². The van der Waals surface area contributed by atoms with Gasteiger partial charge in [0.2, 0.25) is 0 Å². The van der Waals surface area contributed by atoms with Gasteiger partial charge in [0.05, 0.1) is 12.9 Å². The molecule has 0 saturated carbocycles. The van der Waals surface area contributed by atoms with E-state index in [0.717, 1.165) is 46.9 Å². The van der Waals surface area contributed by atoms with Crippen LogP contribution in [0.1, 0.15) is 31.2 Å². The van der Waals surface area contributed by atoms with Gasteiger partial charge in [0.1, 0.15) is 17.5 Å². The zero-order valence-corrected chi connectivity index (χ0v) is 21.3. The fourth-order valence-corrected chi connectivity index (χ4v) is 6.23. The number of amidine groups is 1. The highest BCUT2D eigenvalue weighted by molar-refractivity contribution is 6.15. The van der Waals surface area contributed by atoms with E-state index in [1.807, 2.05) is 34.1 Å². The average Bonchev–Trinajstić information content (AvgIpc) is 3.78. The summed E-state index contributed by atoms with van der Waals surface area (Å²) in [5.41, 5.74) is 3.15. The van der Waals surface area contributed by atoms with Crippen molar-refractivity contribution in [2.75, 3.05) is 39.5 Å². The van der Waals surface area contributed by atoms with Crippen LogP contribution in [0.25, 0.3) is 22.1 Å². The number of nitrogens with zero attached hydrogens (tertiary/aromatic N) is 3. The van der Waals surface area contributed by atoms with Crippen molar-refractivity contribution in [3.8, 4) is 11.1 Å². The summed E-state index contributed by atoms with van der Waals surface area (Å²) in [6, 6.07) is 16.4. The summed E-state index contributed by atoms with van der Waals surface area (Å²) in [7, 11) is 0. The average molecular weight is 514 g/mol. The summed E-state index contributed by atoms with van der Waals surface area (Å²) < 4.78 is 16.7. The van der Waals surface area contributed by atoms with E-state index >= 15 is 0 Å². The minimum Gasteiger partial charge on any atom is -0.464 e. The van der Waals surface area contributed by atoms with E-state index in [1.54, 1.807) is 6.26 Å². The molecule has 3 atom stereocenters. The summed E-state index contributed by atoms with van der Waals surface area (Å²) in [4.78, 5) is 35.4.